The monoisotopic (exact) mass is 596 g/mol. The first-order valence-corrected chi connectivity index (χ1v) is 13.4. The van der Waals surface area contributed by atoms with Crippen molar-refractivity contribution in [3.8, 4) is 0 Å². The van der Waals surface area contributed by atoms with Gasteiger partial charge in [-0.05, 0) is 36.4 Å². The van der Waals surface area contributed by atoms with E-state index in [1.54, 1.807) is 91.0 Å². The summed E-state index contributed by atoms with van der Waals surface area (Å²) in [6.45, 7) is -0.404. The molecule has 6 rings (SSSR count). The maximum absolute atomic E-state index is 13.3. The van der Waals surface area contributed by atoms with Crippen molar-refractivity contribution in [1.82, 2.24) is 25.0 Å². The van der Waals surface area contributed by atoms with E-state index in [0.29, 0.717) is 0 Å². The second-order valence-electron chi connectivity index (χ2n) is 9.66. The third-order valence-electron chi connectivity index (χ3n) is 6.77. The molecule has 2 aromatic heterocycles. The van der Waals surface area contributed by atoms with Crippen LogP contribution in [-0.2, 0) is 18.9 Å². The molecule has 3 aromatic carbocycles. The van der Waals surface area contributed by atoms with E-state index >= 15 is 0 Å². The van der Waals surface area contributed by atoms with Crippen molar-refractivity contribution >= 4 is 35.0 Å². The molecule has 0 saturated carbocycles. The fourth-order valence-electron chi connectivity index (χ4n) is 4.68. The summed E-state index contributed by atoms with van der Waals surface area (Å²) >= 11 is 0. The quantitative estimate of drug-likeness (QED) is 0.197. The van der Waals surface area contributed by atoms with Crippen molar-refractivity contribution in [3.05, 3.63) is 118 Å². The molecule has 14 nitrogen and oxygen atoms in total. The molecule has 0 spiro atoms. The lowest BCUT2D eigenvalue weighted by Gasteiger charge is -2.24. The van der Waals surface area contributed by atoms with E-state index in [9.17, 15) is 19.2 Å². The molecule has 222 valence electrons. The number of aromatic nitrogens is 5. The average Bonchev–Trinajstić information content (AvgIpc) is 3.62. The Hall–Kier alpha value is -5.89. The minimum Gasteiger partial charge on any atom is -0.459 e. The minimum absolute atomic E-state index is 0.0768. The van der Waals surface area contributed by atoms with Gasteiger partial charge in [-0.3, -0.25) is 9.78 Å². The molecule has 1 fully saturated rings. The summed E-state index contributed by atoms with van der Waals surface area (Å²) in [7, 11) is 0. The zero-order valence-electron chi connectivity index (χ0n) is 22.8. The number of fused-ring (bicyclic) bond motifs is 1. The van der Waals surface area contributed by atoms with Crippen molar-refractivity contribution in [2.75, 3.05) is 12.3 Å². The van der Waals surface area contributed by atoms with Crippen LogP contribution in [0.5, 0.6) is 0 Å². The molecule has 3 N–H and O–H groups in total. The van der Waals surface area contributed by atoms with Gasteiger partial charge < -0.3 is 24.7 Å². The predicted octanol–water partition coefficient (Wildman–Crippen LogP) is 2.30. The molecule has 44 heavy (non-hydrogen) atoms. The van der Waals surface area contributed by atoms with Crippen LogP contribution in [0.4, 0.5) is 5.95 Å². The summed E-state index contributed by atoms with van der Waals surface area (Å²) in [6, 6.07) is 24.5. The maximum atomic E-state index is 13.3. The largest absolute Gasteiger partial charge is 0.459 e. The van der Waals surface area contributed by atoms with Gasteiger partial charge in [0.15, 0.2) is 29.6 Å². The molecule has 0 unspecified atom stereocenters. The van der Waals surface area contributed by atoms with Crippen LogP contribution in [0.2, 0.25) is 0 Å². The molecule has 0 amide bonds. The fourth-order valence-corrected chi connectivity index (χ4v) is 4.68. The van der Waals surface area contributed by atoms with Gasteiger partial charge in [-0.25, -0.2) is 14.4 Å². The Morgan fingerprint density at radius 3 is 1.89 bits per heavy atom. The van der Waals surface area contributed by atoms with Gasteiger partial charge in [0.25, 0.3) is 5.56 Å². The highest BCUT2D eigenvalue weighted by Gasteiger charge is 2.52. The number of hydrogen-bond donors (Lipinski definition) is 2. The van der Waals surface area contributed by atoms with Gasteiger partial charge in [-0.15, -0.1) is 5.10 Å². The van der Waals surface area contributed by atoms with E-state index in [-0.39, 0.29) is 33.8 Å². The highest BCUT2D eigenvalue weighted by atomic mass is 16.7. The summed E-state index contributed by atoms with van der Waals surface area (Å²) in [5.74, 6) is -2.39. The first-order valence-electron chi connectivity index (χ1n) is 13.4. The molecule has 1 aliphatic rings. The summed E-state index contributed by atoms with van der Waals surface area (Å²) in [5, 5.41) is 7.91. The van der Waals surface area contributed by atoms with Crippen LogP contribution < -0.4 is 11.3 Å². The highest BCUT2D eigenvalue weighted by Crippen LogP contribution is 2.36. The van der Waals surface area contributed by atoms with E-state index in [4.69, 9.17) is 24.7 Å². The smallest absolute Gasteiger partial charge is 0.338 e. The Bertz CT molecular complexity index is 1860. The second-order valence-corrected chi connectivity index (χ2v) is 9.66. The van der Waals surface area contributed by atoms with Crippen LogP contribution in [0.25, 0.3) is 11.2 Å². The number of esters is 3. The molecule has 1 saturated heterocycles. The van der Waals surface area contributed by atoms with Crippen LogP contribution in [-0.4, -0.2) is 67.8 Å². The Morgan fingerprint density at radius 2 is 1.32 bits per heavy atom. The highest BCUT2D eigenvalue weighted by molar-refractivity contribution is 5.91. The van der Waals surface area contributed by atoms with Crippen molar-refractivity contribution in [1.29, 1.82) is 0 Å². The van der Waals surface area contributed by atoms with Crippen LogP contribution >= 0.6 is 0 Å². The molecule has 14 heteroatoms. The molecular formula is C30H24N6O8. The lowest BCUT2D eigenvalue weighted by molar-refractivity contribution is -0.0661. The standard InChI is InChI=1S/C30H24N6O8/c31-30-32-24-21(25(37)33-30)34-35-36(24)26-23(44-29(40)19-14-8-3-9-15-19)22(43-28(39)18-12-6-2-7-13-18)20(42-26)16-41-27(38)17-10-4-1-5-11-17/h1-15,20,22-23,26H,16H2,(H3,31,32,33,37)/t20-,22-,23-,26-/m1/s1. The number of aromatic amines is 1. The van der Waals surface area contributed by atoms with Gasteiger partial charge in [0.05, 0.1) is 16.7 Å². The average molecular weight is 597 g/mol. The third kappa shape index (κ3) is 5.73. The van der Waals surface area contributed by atoms with Gasteiger partial charge >= 0.3 is 17.9 Å². The van der Waals surface area contributed by atoms with Crippen LogP contribution in [0.3, 0.4) is 0 Å². The van der Waals surface area contributed by atoms with Crippen molar-refractivity contribution in [2.24, 2.45) is 0 Å². The Morgan fingerprint density at radius 1 is 0.795 bits per heavy atom. The molecular weight excluding hydrogens is 572 g/mol. The van der Waals surface area contributed by atoms with Crippen LogP contribution in [0.15, 0.2) is 95.8 Å². The zero-order chi connectivity index (χ0) is 30.6. The number of rotatable bonds is 8. The van der Waals surface area contributed by atoms with E-state index < -0.39 is 54.6 Å². The van der Waals surface area contributed by atoms with Gasteiger partial charge in [0.2, 0.25) is 5.95 Å². The fraction of sp³-hybridized carbons (Fsp3) is 0.167. The van der Waals surface area contributed by atoms with Crippen molar-refractivity contribution in [2.45, 2.75) is 24.5 Å². The predicted molar refractivity (Wildman–Crippen MR) is 152 cm³/mol. The number of nitrogens with two attached hydrogens (primary N) is 1. The number of anilines is 1. The van der Waals surface area contributed by atoms with Gasteiger partial charge in [-0.2, -0.15) is 9.67 Å². The summed E-state index contributed by atoms with van der Waals surface area (Å²) < 4.78 is 24.6. The number of carbonyl (C=O) groups is 3. The number of nitrogens with zero attached hydrogens (tertiary/aromatic N) is 4. The molecule has 0 aliphatic carbocycles. The van der Waals surface area contributed by atoms with E-state index in [0.717, 1.165) is 4.68 Å². The second kappa shape index (κ2) is 12.1. The van der Waals surface area contributed by atoms with E-state index in [1.165, 1.54) is 0 Å². The van der Waals surface area contributed by atoms with Gasteiger partial charge in [0, 0.05) is 0 Å². The van der Waals surface area contributed by atoms with E-state index in [1.807, 2.05) is 0 Å². The van der Waals surface area contributed by atoms with Gasteiger partial charge in [0.1, 0.15) is 12.7 Å². The molecule has 1 aliphatic heterocycles. The van der Waals surface area contributed by atoms with Crippen molar-refractivity contribution in [3.63, 3.8) is 0 Å². The third-order valence-corrected chi connectivity index (χ3v) is 6.77. The SMILES string of the molecule is Nc1nc2c(nnn2[C@@H]2O[C@H](COC(=O)c3ccccc3)[C@@H](OC(=O)c3ccccc3)[C@H]2OC(=O)c2ccccc2)c(=O)[nH]1. The molecule has 0 bridgehead atoms. The number of nitrogens with one attached hydrogen (secondary N) is 1. The Labute approximate surface area is 248 Å². The molecule has 0 radical (unpaired) electrons. The number of ether oxygens (including phenoxy) is 4. The minimum atomic E-state index is -1.37. The summed E-state index contributed by atoms with van der Waals surface area (Å²) in [5.41, 5.74) is 5.59. The maximum Gasteiger partial charge on any atom is 0.338 e. The summed E-state index contributed by atoms with van der Waals surface area (Å²) in [4.78, 5) is 58.3. The normalized spacial score (nSPS) is 19.4. The lowest BCUT2D eigenvalue weighted by Crippen LogP contribution is -2.41. The number of benzene rings is 3. The summed E-state index contributed by atoms with van der Waals surface area (Å²) in [6.07, 6.45) is -5.19. The lowest BCUT2D eigenvalue weighted by atomic mass is 10.1. The zero-order valence-corrected chi connectivity index (χ0v) is 22.8. The first-order chi connectivity index (χ1) is 21.4. The van der Waals surface area contributed by atoms with Crippen LogP contribution in [0, 0.1) is 0 Å². The Balaban J connectivity index is 1.39. The number of H-pyrrole nitrogens is 1. The number of hydrogen-bond acceptors (Lipinski definition) is 12. The first kappa shape index (κ1) is 28.2. The molecule has 4 atom stereocenters. The van der Waals surface area contributed by atoms with E-state index in [2.05, 4.69) is 20.3 Å². The molecule has 5 aromatic rings. The number of carbonyl (C=O) groups excluding carboxylic acids is 3. The topological polar surface area (TPSA) is 191 Å². The van der Waals surface area contributed by atoms with Crippen LogP contribution in [0.1, 0.15) is 37.3 Å². The number of nitrogen functional groups attached to an aromatic ring is 1. The van der Waals surface area contributed by atoms with Gasteiger partial charge in [-0.1, -0.05) is 59.8 Å². The Kier molecular flexibility index (Phi) is 7.80. The van der Waals surface area contributed by atoms with Crippen molar-refractivity contribution < 1.29 is 33.3 Å². The molecule has 3 heterocycles.